The second kappa shape index (κ2) is 5.49. The third-order valence-corrected chi connectivity index (χ3v) is 8.10. The summed E-state index contributed by atoms with van der Waals surface area (Å²) < 4.78 is 0. The summed E-state index contributed by atoms with van der Waals surface area (Å²) in [6.07, 6.45) is 10.9. The molecule has 4 nitrogen and oxygen atoms in total. The summed E-state index contributed by atoms with van der Waals surface area (Å²) >= 11 is 0. The third-order valence-electron chi connectivity index (χ3n) is 8.10. The van der Waals surface area contributed by atoms with E-state index in [-0.39, 0.29) is 23.0 Å². The molecule has 6 atom stereocenters. The average molecular weight is 356 g/mol. The summed E-state index contributed by atoms with van der Waals surface area (Å²) in [5.41, 5.74) is 0.289. The van der Waals surface area contributed by atoms with Gasteiger partial charge in [0.15, 0.2) is 11.6 Å². The van der Waals surface area contributed by atoms with Gasteiger partial charge in [-0.3, -0.25) is 9.59 Å². The van der Waals surface area contributed by atoms with Gasteiger partial charge in [0.1, 0.15) is 12.2 Å². The Labute approximate surface area is 154 Å². The molecule has 4 heteroatoms. The molecule has 4 aliphatic carbocycles. The Kier molecular flexibility index (Phi) is 3.78. The van der Waals surface area contributed by atoms with E-state index in [9.17, 15) is 19.8 Å². The molecule has 4 rings (SSSR count). The minimum atomic E-state index is -1.47. The SMILES string of the molecule is C[C@H]1C[C@@H]2[C@@H]3CCC4=CC(=O)C=C[C@]4(C)C3=CC[C@]2(C)[C@]1(O)C(=O)CO. The Morgan fingerprint density at radius 3 is 2.77 bits per heavy atom. The number of rotatable bonds is 2. The summed E-state index contributed by atoms with van der Waals surface area (Å²) in [7, 11) is 0. The lowest BCUT2D eigenvalue weighted by Crippen LogP contribution is -2.57. The van der Waals surface area contributed by atoms with Gasteiger partial charge >= 0.3 is 0 Å². The van der Waals surface area contributed by atoms with Crippen molar-refractivity contribution in [1.29, 1.82) is 0 Å². The first kappa shape index (κ1) is 17.9. The minimum absolute atomic E-state index is 0.0644. The van der Waals surface area contributed by atoms with Crippen LogP contribution < -0.4 is 0 Å². The van der Waals surface area contributed by atoms with Crippen molar-refractivity contribution in [2.45, 2.75) is 52.1 Å². The van der Waals surface area contributed by atoms with Crippen molar-refractivity contribution in [3.8, 4) is 0 Å². The molecule has 2 fully saturated rings. The zero-order valence-corrected chi connectivity index (χ0v) is 15.8. The van der Waals surface area contributed by atoms with Crippen molar-refractivity contribution in [3.05, 3.63) is 35.5 Å². The maximum Gasteiger partial charge on any atom is 0.190 e. The number of hydrogen-bond donors (Lipinski definition) is 2. The number of fused-ring (bicyclic) bond motifs is 5. The van der Waals surface area contributed by atoms with Crippen LogP contribution in [0.1, 0.15) is 46.5 Å². The van der Waals surface area contributed by atoms with E-state index >= 15 is 0 Å². The summed E-state index contributed by atoms with van der Waals surface area (Å²) in [5, 5.41) is 20.9. The molecule has 0 heterocycles. The number of hydrogen-bond acceptors (Lipinski definition) is 4. The van der Waals surface area contributed by atoms with Crippen molar-refractivity contribution in [2.24, 2.45) is 28.6 Å². The largest absolute Gasteiger partial charge is 0.388 e. The third kappa shape index (κ3) is 1.97. The van der Waals surface area contributed by atoms with E-state index in [0.717, 1.165) is 19.3 Å². The van der Waals surface area contributed by atoms with Crippen molar-refractivity contribution in [3.63, 3.8) is 0 Å². The number of carbonyl (C=O) groups is 2. The second-order valence-corrected chi connectivity index (χ2v) is 9.12. The van der Waals surface area contributed by atoms with Gasteiger partial charge in [-0.15, -0.1) is 0 Å². The zero-order chi connectivity index (χ0) is 18.9. The Morgan fingerprint density at radius 2 is 2.08 bits per heavy atom. The molecule has 140 valence electrons. The van der Waals surface area contributed by atoms with Gasteiger partial charge < -0.3 is 10.2 Å². The van der Waals surface area contributed by atoms with Crippen LogP contribution in [0.3, 0.4) is 0 Å². The molecule has 0 radical (unpaired) electrons. The Bertz CT molecular complexity index is 775. The van der Waals surface area contributed by atoms with Gasteiger partial charge in [-0.25, -0.2) is 0 Å². The molecule has 2 N–H and O–H groups in total. The predicted molar refractivity (Wildman–Crippen MR) is 98.2 cm³/mol. The Balaban J connectivity index is 1.79. The van der Waals surface area contributed by atoms with Crippen LogP contribution >= 0.6 is 0 Å². The van der Waals surface area contributed by atoms with Crippen LogP contribution in [0.15, 0.2) is 35.5 Å². The fourth-order valence-electron chi connectivity index (χ4n) is 6.58. The number of aliphatic hydroxyl groups excluding tert-OH is 1. The molecule has 0 aromatic rings. The molecule has 0 amide bonds. The van der Waals surface area contributed by atoms with E-state index in [2.05, 4.69) is 13.0 Å². The Morgan fingerprint density at radius 1 is 1.35 bits per heavy atom. The van der Waals surface area contributed by atoms with Crippen molar-refractivity contribution in [1.82, 2.24) is 0 Å². The fraction of sp³-hybridized carbons (Fsp3) is 0.636. The van der Waals surface area contributed by atoms with Crippen molar-refractivity contribution >= 4 is 11.6 Å². The maximum atomic E-state index is 12.5. The van der Waals surface area contributed by atoms with Crippen LogP contribution in [-0.4, -0.2) is 34.0 Å². The van der Waals surface area contributed by atoms with E-state index in [1.807, 2.05) is 19.9 Å². The van der Waals surface area contributed by atoms with Crippen LogP contribution in [0.5, 0.6) is 0 Å². The monoisotopic (exact) mass is 356 g/mol. The average Bonchev–Trinajstić information content (AvgIpc) is 2.83. The molecule has 0 unspecified atom stereocenters. The zero-order valence-electron chi connectivity index (χ0n) is 15.8. The van der Waals surface area contributed by atoms with Crippen LogP contribution in [-0.2, 0) is 9.59 Å². The highest BCUT2D eigenvalue weighted by atomic mass is 16.3. The quantitative estimate of drug-likeness (QED) is 0.746. The maximum absolute atomic E-state index is 12.5. The highest BCUT2D eigenvalue weighted by Crippen LogP contribution is 2.66. The van der Waals surface area contributed by atoms with Gasteiger partial charge in [-0.1, -0.05) is 37.1 Å². The van der Waals surface area contributed by atoms with Crippen LogP contribution in [0.25, 0.3) is 0 Å². The normalized spacial score (nSPS) is 46.8. The van der Waals surface area contributed by atoms with Crippen molar-refractivity contribution < 1.29 is 19.8 Å². The van der Waals surface area contributed by atoms with Crippen molar-refractivity contribution in [2.75, 3.05) is 6.61 Å². The first-order valence-corrected chi connectivity index (χ1v) is 9.70. The van der Waals surface area contributed by atoms with E-state index in [1.54, 1.807) is 12.2 Å². The molecular formula is C22H28O4. The highest BCUT2D eigenvalue weighted by Gasteiger charge is 2.66. The topological polar surface area (TPSA) is 74.6 Å². The first-order valence-electron chi connectivity index (χ1n) is 9.70. The van der Waals surface area contributed by atoms with Gasteiger partial charge in [0.2, 0.25) is 0 Å². The van der Waals surface area contributed by atoms with Gasteiger partial charge in [0.05, 0.1) is 0 Å². The highest BCUT2D eigenvalue weighted by molar-refractivity contribution is 6.01. The molecule has 0 aliphatic heterocycles. The van der Waals surface area contributed by atoms with Gasteiger partial charge in [-0.05, 0) is 62.5 Å². The lowest BCUT2D eigenvalue weighted by atomic mass is 9.51. The van der Waals surface area contributed by atoms with Gasteiger partial charge in [0, 0.05) is 10.8 Å². The smallest absolute Gasteiger partial charge is 0.190 e. The molecule has 0 aromatic heterocycles. The predicted octanol–water partition coefficient (Wildman–Crippen LogP) is 2.75. The van der Waals surface area contributed by atoms with Gasteiger partial charge in [0.25, 0.3) is 0 Å². The lowest BCUT2D eigenvalue weighted by Gasteiger charge is -2.53. The fourth-order valence-corrected chi connectivity index (χ4v) is 6.58. The van der Waals surface area contributed by atoms with Gasteiger partial charge in [-0.2, -0.15) is 0 Å². The molecular weight excluding hydrogens is 328 g/mol. The summed E-state index contributed by atoms with van der Waals surface area (Å²) in [5.74, 6) is -0.0376. The standard InChI is InChI=1S/C22H28O4/c1-13-10-18-16-5-4-14-11-15(24)6-8-20(14,2)17(16)7-9-21(18,3)22(13,26)19(25)12-23/h6-8,11,13,16,18,23,26H,4-5,9-10,12H2,1-3H3/t13-,16+,18+,20-,21-,22+/m0/s1. The molecule has 0 bridgehead atoms. The minimum Gasteiger partial charge on any atom is -0.388 e. The summed E-state index contributed by atoms with van der Waals surface area (Å²) in [6.45, 7) is 5.54. The number of ketones is 2. The number of Topliss-reactive ketones (excluding diaryl/α,β-unsaturated/α-hetero) is 1. The number of allylic oxidation sites excluding steroid dienone is 6. The molecule has 0 spiro atoms. The lowest BCUT2D eigenvalue weighted by molar-refractivity contribution is -0.161. The molecule has 4 aliphatic rings. The number of aliphatic hydroxyl groups is 2. The molecule has 0 saturated heterocycles. The van der Waals surface area contributed by atoms with E-state index < -0.39 is 23.4 Å². The van der Waals surface area contributed by atoms with E-state index in [1.165, 1.54) is 11.1 Å². The first-order chi connectivity index (χ1) is 12.2. The molecule has 0 aromatic carbocycles. The van der Waals surface area contributed by atoms with E-state index in [4.69, 9.17) is 0 Å². The number of carbonyl (C=O) groups excluding carboxylic acids is 2. The van der Waals surface area contributed by atoms with Crippen LogP contribution in [0.2, 0.25) is 0 Å². The van der Waals surface area contributed by atoms with Crippen LogP contribution in [0.4, 0.5) is 0 Å². The molecule has 26 heavy (non-hydrogen) atoms. The summed E-state index contributed by atoms with van der Waals surface area (Å²) in [4.78, 5) is 24.3. The van der Waals surface area contributed by atoms with E-state index in [0.29, 0.717) is 12.3 Å². The Hall–Kier alpha value is -1.52. The van der Waals surface area contributed by atoms with Crippen LogP contribution in [0, 0.1) is 28.6 Å². The molecule has 2 saturated carbocycles. The summed E-state index contributed by atoms with van der Waals surface area (Å²) in [6, 6.07) is 0. The second-order valence-electron chi connectivity index (χ2n) is 9.12.